The third kappa shape index (κ3) is 4.15. The zero-order valence-electron chi connectivity index (χ0n) is 9.61. The number of phenolic OH excluding ortho intramolecular Hbond substituents is 2. The number of carbonyl (C=O) groups excluding carboxylic acids is 1. The van der Waals surface area contributed by atoms with Gasteiger partial charge in [-0.3, -0.25) is 4.79 Å². The Labute approximate surface area is 105 Å². The molecule has 1 amide bonds. The molecule has 5 heteroatoms. The average Bonchev–Trinajstić information content (AvgIpc) is 2.30. The van der Waals surface area contributed by atoms with Crippen LogP contribution in [-0.4, -0.2) is 28.5 Å². The lowest BCUT2D eigenvalue weighted by atomic mass is 10.1. The molecule has 0 heterocycles. The van der Waals surface area contributed by atoms with Crippen molar-refractivity contribution in [3.63, 3.8) is 0 Å². The number of nitrogens with one attached hydrogen (secondary N) is 1. The minimum atomic E-state index is -0.300. The standard InChI is InChI=1S/C12H16ClNO3/c1-8(4-5-13)7-14-12(17)9-2-3-10(15)11(16)6-9/h2-3,6,8,15-16H,4-5,7H2,1H3,(H,14,17). The molecule has 0 saturated carbocycles. The number of rotatable bonds is 5. The van der Waals surface area contributed by atoms with Crippen molar-refractivity contribution in [3.05, 3.63) is 23.8 Å². The van der Waals surface area contributed by atoms with Crippen LogP contribution in [0.5, 0.6) is 11.5 Å². The molecule has 0 bridgehead atoms. The van der Waals surface area contributed by atoms with Gasteiger partial charge < -0.3 is 15.5 Å². The summed E-state index contributed by atoms with van der Waals surface area (Å²) >= 11 is 5.59. The van der Waals surface area contributed by atoms with Crippen LogP contribution in [0.2, 0.25) is 0 Å². The van der Waals surface area contributed by atoms with Gasteiger partial charge in [0.15, 0.2) is 11.5 Å². The van der Waals surface area contributed by atoms with E-state index in [0.29, 0.717) is 23.9 Å². The average molecular weight is 258 g/mol. The highest BCUT2D eigenvalue weighted by Gasteiger charge is 2.09. The zero-order chi connectivity index (χ0) is 12.8. The first-order chi connectivity index (χ1) is 8.04. The van der Waals surface area contributed by atoms with E-state index in [0.717, 1.165) is 6.42 Å². The van der Waals surface area contributed by atoms with Crippen molar-refractivity contribution >= 4 is 17.5 Å². The highest BCUT2D eigenvalue weighted by Crippen LogP contribution is 2.24. The number of amides is 1. The number of benzene rings is 1. The molecule has 1 rings (SSSR count). The maximum absolute atomic E-state index is 11.7. The van der Waals surface area contributed by atoms with Crippen molar-refractivity contribution in [2.24, 2.45) is 5.92 Å². The van der Waals surface area contributed by atoms with Crippen molar-refractivity contribution in [2.75, 3.05) is 12.4 Å². The normalized spacial score (nSPS) is 12.1. The molecule has 0 radical (unpaired) electrons. The first-order valence-electron chi connectivity index (χ1n) is 5.40. The van der Waals surface area contributed by atoms with Gasteiger partial charge in [-0.15, -0.1) is 11.6 Å². The molecule has 1 atom stereocenters. The van der Waals surface area contributed by atoms with E-state index in [1.165, 1.54) is 18.2 Å². The van der Waals surface area contributed by atoms with Crippen molar-refractivity contribution in [2.45, 2.75) is 13.3 Å². The Hall–Kier alpha value is -1.42. The summed E-state index contributed by atoms with van der Waals surface area (Å²) in [6, 6.07) is 3.97. The lowest BCUT2D eigenvalue weighted by molar-refractivity contribution is 0.0947. The third-order valence-corrected chi connectivity index (χ3v) is 2.67. The van der Waals surface area contributed by atoms with E-state index < -0.39 is 0 Å². The predicted octanol–water partition coefficient (Wildman–Crippen LogP) is 2.09. The van der Waals surface area contributed by atoms with Crippen LogP contribution in [0.3, 0.4) is 0 Å². The van der Waals surface area contributed by atoms with Gasteiger partial charge in [0, 0.05) is 18.0 Å². The van der Waals surface area contributed by atoms with E-state index in [9.17, 15) is 9.90 Å². The van der Waals surface area contributed by atoms with Gasteiger partial charge in [-0.1, -0.05) is 6.92 Å². The van der Waals surface area contributed by atoms with Crippen molar-refractivity contribution in [1.82, 2.24) is 5.32 Å². The quantitative estimate of drug-likeness (QED) is 0.559. The molecule has 1 aromatic rings. The summed E-state index contributed by atoms with van der Waals surface area (Å²) in [7, 11) is 0. The maximum Gasteiger partial charge on any atom is 0.251 e. The molecule has 0 aromatic heterocycles. The van der Waals surface area contributed by atoms with Crippen molar-refractivity contribution in [1.29, 1.82) is 0 Å². The van der Waals surface area contributed by atoms with Gasteiger partial charge in [-0.25, -0.2) is 0 Å². The third-order valence-electron chi connectivity index (χ3n) is 2.45. The summed E-state index contributed by atoms with van der Waals surface area (Å²) in [6.07, 6.45) is 0.836. The largest absolute Gasteiger partial charge is 0.504 e. The number of hydrogen-bond donors (Lipinski definition) is 3. The van der Waals surface area contributed by atoms with Gasteiger partial charge >= 0.3 is 0 Å². The molecule has 3 N–H and O–H groups in total. The van der Waals surface area contributed by atoms with Gasteiger partial charge in [-0.05, 0) is 30.5 Å². The summed E-state index contributed by atoms with van der Waals surface area (Å²) in [5.41, 5.74) is 0.318. The molecular weight excluding hydrogens is 242 g/mol. The number of alkyl halides is 1. The van der Waals surface area contributed by atoms with Gasteiger partial charge in [0.05, 0.1) is 0 Å². The monoisotopic (exact) mass is 257 g/mol. The van der Waals surface area contributed by atoms with Gasteiger partial charge in [0.1, 0.15) is 0 Å². The second kappa shape index (κ2) is 6.35. The minimum Gasteiger partial charge on any atom is -0.504 e. The highest BCUT2D eigenvalue weighted by atomic mass is 35.5. The summed E-state index contributed by atoms with van der Waals surface area (Å²) in [4.78, 5) is 11.7. The molecule has 0 spiro atoms. The van der Waals surface area contributed by atoms with Crippen LogP contribution in [-0.2, 0) is 0 Å². The summed E-state index contributed by atoms with van der Waals surface area (Å²) in [5.74, 6) is 0.0595. The molecule has 0 saturated heterocycles. The highest BCUT2D eigenvalue weighted by molar-refractivity contribution is 6.17. The first-order valence-corrected chi connectivity index (χ1v) is 5.94. The maximum atomic E-state index is 11.7. The van der Waals surface area contributed by atoms with Crippen LogP contribution in [0.25, 0.3) is 0 Å². The van der Waals surface area contributed by atoms with Crippen LogP contribution in [0, 0.1) is 5.92 Å². The molecule has 4 nitrogen and oxygen atoms in total. The van der Waals surface area contributed by atoms with E-state index in [2.05, 4.69) is 5.32 Å². The van der Waals surface area contributed by atoms with Crippen molar-refractivity contribution < 1.29 is 15.0 Å². The Morgan fingerprint density at radius 3 is 2.71 bits per heavy atom. The lowest BCUT2D eigenvalue weighted by Gasteiger charge is -2.11. The number of halogens is 1. The number of phenols is 2. The van der Waals surface area contributed by atoms with Gasteiger partial charge in [0.2, 0.25) is 0 Å². The predicted molar refractivity (Wildman–Crippen MR) is 66.6 cm³/mol. The SMILES string of the molecule is CC(CCCl)CNC(=O)c1ccc(O)c(O)c1. The Morgan fingerprint density at radius 2 is 2.12 bits per heavy atom. The Morgan fingerprint density at radius 1 is 1.41 bits per heavy atom. The number of hydrogen-bond acceptors (Lipinski definition) is 3. The van der Waals surface area contributed by atoms with Crippen LogP contribution in [0.4, 0.5) is 0 Å². The fourth-order valence-electron chi connectivity index (χ4n) is 1.32. The van der Waals surface area contributed by atoms with Crippen LogP contribution in [0.1, 0.15) is 23.7 Å². The minimum absolute atomic E-state index is 0.239. The van der Waals surface area contributed by atoms with Gasteiger partial charge in [-0.2, -0.15) is 0 Å². The zero-order valence-corrected chi connectivity index (χ0v) is 10.4. The van der Waals surface area contributed by atoms with Crippen LogP contribution >= 0.6 is 11.6 Å². The molecule has 94 valence electrons. The second-order valence-corrected chi connectivity index (χ2v) is 4.37. The number of aromatic hydroxyl groups is 2. The smallest absolute Gasteiger partial charge is 0.251 e. The summed E-state index contributed by atoms with van der Waals surface area (Å²) in [5, 5.41) is 21.1. The Kier molecular flexibility index (Phi) is 5.10. The fourth-order valence-corrected chi connectivity index (χ4v) is 1.69. The first kappa shape index (κ1) is 13.6. The molecule has 1 aromatic carbocycles. The molecule has 1 unspecified atom stereocenters. The molecule has 0 aliphatic carbocycles. The summed E-state index contributed by atoms with van der Waals surface area (Å²) < 4.78 is 0. The van der Waals surface area contributed by atoms with E-state index in [1.54, 1.807) is 0 Å². The van der Waals surface area contributed by atoms with Gasteiger partial charge in [0.25, 0.3) is 5.91 Å². The molecular formula is C12H16ClNO3. The molecule has 0 aliphatic rings. The van der Waals surface area contributed by atoms with E-state index in [1.807, 2.05) is 6.92 Å². The van der Waals surface area contributed by atoms with Crippen LogP contribution < -0.4 is 5.32 Å². The summed E-state index contributed by atoms with van der Waals surface area (Å²) in [6.45, 7) is 2.53. The Bertz CT molecular complexity index is 395. The molecule has 0 aliphatic heterocycles. The van der Waals surface area contributed by atoms with Crippen LogP contribution in [0.15, 0.2) is 18.2 Å². The van der Waals surface area contributed by atoms with E-state index in [-0.39, 0.29) is 17.4 Å². The number of carbonyl (C=O) groups is 1. The molecule has 0 fully saturated rings. The topological polar surface area (TPSA) is 69.6 Å². The van der Waals surface area contributed by atoms with E-state index >= 15 is 0 Å². The molecule has 17 heavy (non-hydrogen) atoms. The second-order valence-electron chi connectivity index (χ2n) is 4.00. The fraction of sp³-hybridized carbons (Fsp3) is 0.417. The lowest BCUT2D eigenvalue weighted by Crippen LogP contribution is -2.28. The van der Waals surface area contributed by atoms with Crippen molar-refractivity contribution in [3.8, 4) is 11.5 Å². The Balaban J connectivity index is 2.55. The van der Waals surface area contributed by atoms with E-state index in [4.69, 9.17) is 16.7 Å².